The molecule has 0 radical (unpaired) electrons. The highest BCUT2D eigenvalue weighted by Crippen LogP contribution is 2.29. The van der Waals surface area contributed by atoms with Gasteiger partial charge in [0.25, 0.3) is 0 Å². The maximum atomic E-state index is 6.11. The molecule has 1 N–H and O–H groups in total. The number of nitrogens with one attached hydrogen (secondary N) is 1. The number of hydrogen-bond acceptors (Lipinski definition) is 2. The van der Waals surface area contributed by atoms with E-state index in [1.54, 1.807) is 7.11 Å². The lowest BCUT2D eigenvalue weighted by Crippen LogP contribution is -2.19. The summed E-state index contributed by atoms with van der Waals surface area (Å²) < 4.78 is 6.51. The fraction of sp³-hybridized carbons (Fsp3) is 0.294. The minimum Gasteiger partial charge on any atom is -0.496 e. The summed E-state index contributed by atoms with van der Waals surface area (Å²) >= 11 is 9.63. The first-order valence-corrected chi connectivity index (χ1v) is 7.98. The van der Waals surface area contributed by atoms with E-state index >= 15 is 0 Å². The van der Waals surface area contributed by atoms with Crippen LogP contribution in [0.5, 0.6) is 5.75 Å². The van der Waals surface area contributed by atoms with Crippen molar-refractivity contribution in [1.29, 1.82) is 0 Å². The molecular weight excluding hydrogens is 350 g/mol. The molecule has 1 unspecified atom stereocenters. The van der Waals surface area contributed by atoms with Gasteiger partial charge in [0, 0.05) is 15.5 Å². The Morgan fingerprint density at radius 3 is 2.62 bits per heavy atom. The molecule has 2 nitrogen and oxygen atoms in total. The average Bonchev–Trinajstić information content (AvgIpc) is 2.48. The molecule has 0 saturated carbocycles. The first-order chi connectivity index (χ1) is 10.0. The van der Waals surface area contributed by atoms with Gasteiger partial charge in [0.15, 0.2) is 0 Å². The number of aryl methyl sites for hydroxylation is 1. The van der Waals surface area contributed by atoms with E-state index in [0.717, 1.165) is 27.2 Å². The summed E-state index contributed by atoms with van der Waals surface area (Å²) in [5, 5.41) is 4.17. The molecule has 0 heterocycles. The second-order valence-corrected chi connectivity index (χ2v) is 6.33. The van der Waals surface area contributed by atoms with Crippen molar-refractivity contribution in [2.75, 3.05) is 14.2 Å². The van der Waals surface area contributed by atoms with E-state index in [9.17, 15) is 0 Å². The second-order valence-electron chi connectivity index (χ2n) is 5.01. The average molecular weight is 369 g/mol. The lowest BCUT2D eigenvalue weighted by atomic mass is 9.97. The molecule has 4 heteroatoms. The monoisotopic (exact) mass is 367 g/mol. The first-order valence-electron chi connectivity index (χ1n) is 6.81. The van der Waals surface area contributed by atoms with Gasteiger partial charge >= 0.3 is 0 Å². The van der Waals surface area contributed by atoms with Crippen LogP contribution in [0.15, 0.2) is 40.9 Å². The van der Waals surface area contributed by atoms with E-state index in [1.165, 1.54) is 11.1 Å². The summed E-state index contributed by atoms with van der Waals surface area (Å²) in [6, 6.07) is 12.4. The molecule has 2 aromatic carbocycles. The van der Waals surface area contributed by atoms with Gasteiger partial charge < -0.3 is 10.1 Å². The smallest absolute Gasteiger partial charge is 0.122 e. The van der Waals surface area contributed by atoms with E-state index in [0.29, 0.717) is 0 Å². The zero-order valence-corrected chi connectivity index (χ0v) is 14.8. The van der Waals surface area contributed by atoms with Gasteiger partial charge in [-0.3, -0.25) is 0 Å². The topological polar surface area (TPSA) is 21.3 Å². The summed E-state index contributed by atoms with van der Waals surface area (Å²) in [6.45, 7) is 2.03. The van der Waals surface area contributed by atoms with Crippen LogP contribution in [-0.4, -0.2) is 14.2 Å². The predicted molar refractivity (Wildman–Crippen MR) is 92.4 cm³/mol. The number of ether oxygens (including phenoxy) is 1. The quantitative estimate of drug-likeness (QED) is 0.808. The van der Waals surface area contributed by atoms with Crippen molar-refractivity contribution >= 4 is 27.5 Å². The highest BCUT2D eigenvalue weighted by atomic mass is 79.9. The molecule has 112 valence electrons. The van der Waals surface area contributed by atoms with E-state index in [4.69, 9.17) is 16.3 Å². The number of halogens is 2. The Morgan fingerprint density at radius 1 is 1.24 bits per heavy atom. The van der Waals surface area contributed by atoms with Crippen LogP contribution in [0.3, 0.4) is 0 Å². The predicted octanol–water partition coefficient (Wildman–Crippen LogP) is 4.92. The normalized spacial score (nSPS) is 12.2. The molecule has 0 aromatic heterocycles. The largest absolute Gasteiger partial charge is 0.496 e. The number of benzene rings is 2. The molecule has 0 bridgehead atoms. The van der Waals surface area contributed by atoms with Crippen molar-refractivity contribution in [3.8, 4) is 5.75 Å². The van der Waals surface area contributed by atoms with Crippen molar-refractivity contribution in [1.82, 2.24) is 5.32 Å². The number of methoxy groups -OCH3 is 1. The van der Waals surface area contributed by atoms with Crippen LogP contribution >= 0.6 is 27.5 Å². The van der Waals surface area contributed by atoms with Crippen molar-refractivity contribution in [2.45, 2.75) is 19.4 Å². The Hall–Kier alpha value is -1.03. The van der Waals surface area contributed by atoms with Crippen LogP contribution in [0.2, 0.25) is 5.02 Å². The molecule has 0 aliphatic heterocycles. The standard InChI is InChI=1S/C17H19BrClNO/c1-11-8-12(4-6-15(11)19)16(20-2)10-13-9-14(18)5-7-17(13)21-3/h4-9,16,20H,10H2,1-3H3. The molecule has 0 fully saturated rings. The number of rotatable bonds is 5. The van der Waals surface area contributed by atoms with Crippen LogP contribution in [0.1, 0.15) is 22.7 Å². The fourth-order valence-corrected chi connectivity index (χ4v) is 2.92. The zero-order valence-electron chi connectivity index (χ0n) is 12.4. The fourth-order valence-electron chi connectivity index (χ4n) is 2.40. The van der Waals surface area contributed by atoms with Crippen LogP contribution in [0, 0.1) is 6.92 Å². The van der Waals surface area contributed by atoms with Gasteiger partial charge in [-0.25, -0.2) is 0 Å². The summed E-state index contributed by atoms with van der Waals surface area (Å²) in [4.78, 5) is 0. The van der Waals surface area contributed by atoms with Gasteiger partial charge in [0.1, 0.15) is 5.75 Å². The van der Waals surface area contributed by atoms with Crippen molar-refractivity contribution in [3.63, 3.8) is 0 Å². The van der Waals surface area contributed by atoms with Gasteiger partial charge in [-0.2, -0.15) is 0 Å². The molecule has 0 spiro atoms. The van der Waals surface area contributed by atoms with Gasteiger partial charge in [-0.1, -0.05) is 39.7 Å². The number of hydrogen-bond donors (Lipinski definition) is 1. The van der Waals surface area contributed by atoms with Crippen LogP contribution in [0.4, 0.5) is 0 Å². The molecule has 0 saturated heterocycles. The molecular formula is C17H19BrClNO. The van der Waals surface area contributed by atoms with E-state index in [2.05, 4.69) is 39.4 Å². The maximum Gasteiger partial charge on any atom is 0.122 e. The third-order valence-corrected chi connectivity index (χ3v) is 4.52. The summed E-state index contributed by atoms with van der Waals surface area (Å²) in [5.41, 5.74) is 3.48. The van der Waals surface area contributed by atoms with E-state index in [-0.39, 0.29) is 6.04 Å². The highest BCUT2D eigenvalue weighted by Gasteiger charge is 2.14. The van der Waals surface area contributed by atoms with Crippen LogP contribution < -0.4 is 10.1 Å². The van der Waals surface area contributed by atoms with Crippen LogP contribution in [0.25, 0.3) is 0 Å². The third kappa shape index (κ3) is 4.00. The molecule has 1 atom stereocenters. The SMILES string of the molecule is CNC(Cc1cc(Br)ccc1OC)c1ccc(Cl)c(C)c1. The molecule has 0 aliphatic rings. The van der Waals surface area contributed by atoms with E-state index in [1.807, 2.05) is 32.2 Å². The van der Waals surface area contributed by atoms with Gasteiger partial charge in [0.2, 0.25) is 0 Å². The molecule has 0 aliphatic carbocycles. The molecule has 21 heavy (non-hydrogen) atoms. The van der Waals surface area contributed by atoms with Crippen molar-refractivity contribution in [2.24, 2.45) is 0 Å². The molecule has 2 rings (SSSR count). The molecule has 0 amide bonds. The van der Waals surface area contributed by atoms with Crippen molar-refractivity contribution < 1.29 is 4.74 Å². The second kappa shape index (κ2) is 7.30. The molecule has 2 aromatic rings. The first kappa shape index (κ1) is 16.3. The lowest BCUT2D eigenvalue weighted by molar-refractivity contribution is 0.406. The Balaban J connectivity index is 2.30. The Kier molecular flexibility index (Phi) is 5.68. The highest BCUT2D eigenvalue weighted by molar-refractivity contribution is 9.10. The minimum absolute atomic E-state index is 0.212. The maximum absolute atomic E-state index is 6.11. The summed E-state index contributed by atoms with van der Waals surface area (Å²) in [5.74, 6) is 0.907. The zero-order chi connectivity index (χ0) is 15.4. The summed E-state index contributed by atoms with van der Waals surface area (Å²) in [6.07, 6.45) is 0.847. The van der Waals surface area contributed by atoms with Crippen molar-refractivity contribution in [3.05, 3.63) is 62.6 Å². The lowest BCUT2D eigenvalue weighted by Gasteiger charge is -2.19. The Morgan fingerprint density at radius 2 is 2.00 bits per heavy atom. The van der Waals surface area contributed by atoms with Gasteiger partial charge in [0.05, 0.1) is 7.11 Å². The van der Waals surface area contributed by atoms with Gasteiger partial charge in [-0.15, -0.1) is 0 Å². The van der Waals surface area contributed by atoms with Crippen LogP contribution in [-0.2, 0) is 6.42 Å². The van der Waals surface area contributed by atoms with Gasteiger partial charge in [-0.05, 0) is 61.3 Å². The minimum atomic E-state index is 0.212. The summed E-state index contributed by atoms with van der Waals surface area (Å²) in [7, 11) is 3.67. The Labute approximate surface area is 139 Å². The Bertz CT molecular complexity index is 630. The third-order valence-electron chi connectivity index (χ3n) is 3.60. The van der Waals surface area contributed by atoms with E-state index < -0.39 is 0 Å². The number of likely N-dealkylation sites (N-methyl/N-ethyl adjacent to an activating group) is 1.